The van der Waals surface area contributed by atoms with Crippen LogP contribution in [0.4, 0.5) is 0 Å². The summed E-state index contributed by atoms with van der Waals surface area (Å²) in [5, 5.41) is 0. The van der Waals surface area contributed by atoms with E-state index in [9.17, 15) is 9.59 Å². The van der Waals surface area contributed by atoms with Gasteiger partial charge in [-0.1, -0.05) is 32.9 Å². The Balaban J connectivity index is 1.52. The molecule has 6 unspecified atom stereocenters. The topological polar surface area (TPSA) is 52.6 Å². The summed E-state index contributed by atoms with van der Waals surface area (Å²) in [5.74, 6) is 2.17. The highest BCUT2D eigenvalue weighted by molar-refractivity contribution is 5.69. The van der Waals surface area contributed by atoms with Gasteiger partial charge < -0.3 is 9.47 Å². The molecule has 2 saturated carbocycles. The van der Waals surface area contributed by atoms with Gasteiger partial charge in [0.15, 0.2) is 0 Å². The van der Waals surface area contributed by atoms with E-state index in [1.807, 2.05) is 0 Å². The molecule has 172 valence electrons. The van der Waals surface area contributed by atoms with Crippen molar-refractivity contribution in [3.63, 3.8) is 0 Å². The first-order chi connectivity index (χ1) is 14.7. The summed E-state index contributed by atoms with van der Waals surface area (Å²) >= 11 is 0. The molecule has 4 aliphatic carbocycles. The number of esters is 2. The lowest BCUT2D eigenvalue weighted by atomic mass is 9.51. The van der Waals surface area contributed by atoms with Crippen molar-refractivity contribution >= 4 is 11.9 Å². The van der Waals surface area contributed by atoms with Crippen LogP contribution in [0.5, 0.6) is 0 Å². The van der Waals surface area contributed by atoms with Crippen molar-refractivity contribution in [2.24, 2.45) is 34.5 Å². The van der Waals surface area contributed by atoms with Crippen LogP contribution in [0.3, 0.4) is 0 Å². The maximum absolute atomic E-state index is 11.7. The summed E-state index contributed by atoms with van der Waals surface area (Å²) in [5.41, 5.74) is 3.75. The van der Waals surface area contributed by atoms with Crippen LogP contribution < -0.4 is 0 Å². The van der Waals surface area contributed by atoms with Crippen molar-refractivity contribution in [3.8, 4) is 0 Å². The molecule has 0 N–H and O–H groups in total. The van der Waals surface area contributed by atoms with E-state index in [-0.39, 0.29) is 23.5 Å². The number of carbonyl (C=O) groups is 2. The zero-order valence-corrected chi connectivity index (χ0v) is 20.0. The third kappa shape index (κ3) is 3.89. The smallest absolute Gasteiger partial charge is 0.305 e. The summed E-state index contributed by atoms with van der Waals surface area (Å²) in [6.07, 6.45) is 14.5. The van der Waals surface area contributed by atoms with Gasteiger partial charge in [0.25, 0.3) is 0 Å². The lowest BCUT2D eigenvalue weighted by Gasteiger charge is -2.53. The van der Waals surface area contributed by atoms with E-state index >= 15 is 0 Å². The second kappa shape index (κ2) is 8.41. The van der Waals surface area contributed by atoms with Gasteiger partial charge in [-0.25, -0.2) is 0 Å². The standard InChI is InChI=1S/C27H40O4/c1-17(6-11-25(29)30-5)22-9-10-23-21-8-7-19-16-20(31-18(2)28)12-14-26(19,3)24(21)13-15-27(22,23)4/h8,13,17,19-20,22-23H,6-7,9-12,14-16H2,1-5H3/t17?,19?,20-,22?,23?,26?,27?/m1/s1. The number of ether oxygens (including phenoxy) is 2. The highest BCUT2D eigenvalue weighted by Gasteiger charge is 2.55. The quantitative estimate of drug-likeness (QED) is 0.504. The molecule has 0 aromatic rings. The van der Waals surface area contributed by atoms with Crippen molar-refractivity contribution in [1.82, 2.24) is 0 Å². The van der Waals surface area contributed by atoms with E-state index in [0.29, 0.717) is 35.5 Å². The van der Waals surface area contributed by atoms with Crippen LogP contribution in [-0.4, -0.2) is 25.2 Å². The number of carbonyl (C=O) groups excluding carboxylic acids is 2. The Kier molecular flexibility index (Phi) is 6.13. The molecule has 0 aliphatic heterocycles. The Bertz CT molecular complexity index is 795. The fourth-order valence-corrected chi connectivity index (χ4v) is 7.78. The highest BCUT2D eigenvalue weighted by atomic mass is 16.5. The van der Waals surface area contributed by atoms with E-state index in [1.165, 1.54) is 26.9 Å². The second-order valence-electron chi connectivity index (χ2n) is 11.2. The number of fused-ring (bicyclic) bond motifs is 5. The minimum Gasteiger partial charge on any atom is -0.469 e. The number of hydrogen-bond donors (Lipinski definition) is 0. The zero-order chi connectivity index (χ0) is 22.4. The first-order valence-electron chi connectivity index (χ1n) is 12.3. The molecule has 4 heteroatoms. The third-order valence-electron chi connectivity index (χ3n) is 9.56. The Morgan fingerprint density at radius 1 is 1.19 bits per heavy atom. The minimum absolute atomic E-state index is 0.0873. The first kappa shape index (κ1) is 22.6. The lowest BCUT2D eigenvalue weighted by Crippen LogP contribution is -2.45. The van der Waals surface area contributed by atoms with E-state index in [2.05, 4.69) is 32.9 Å². The molecule has 0 aromatic heterocycles. The van der Waals surface area contributed by atoms with Crippen molar-refractivity contribution in [3.05, 3.63) is 23.3 Å². The van der Waals surface area contributed by atoms with Gasteiger partial charge >= 0.3 is 11.9 Å². The molecular weight excluding hydrogens is 388 g/mol. The van der Waals surface area contributed by atoms with Crippen molar-refractivity contribution < 1.29 is 19.1 Å². The average molecular weight is 429 g/mol. The summed E-state index contributed by atoms with van der Waals surface area (Å²) in [6, 6.07) is 0. The Morgan fingerprint density at radius 2 is 1.97 bits per heavy atom. The molecule has 0 saturated heterocycles. The van der Waals surface area contributed by atoms with Crippen LogP contribution in [0.15, 0.2) is 23.3 Å². The Hall–Kier alpha value is -1.58. The van der Waals surface area contributed by atoms with Gasteiger partial charge in [0.1, 0.15) is 6.10 Å². The van der Waals surface area contributed by atoms with E-state index < -0.39 is 0 Å². The van der Waals surface area contributed by atoms with E-state index in [0.717, 1.165) is 38.5 Å². The van der Waals surface area contributed by atoms with Gasteiger partial charge in [-0.2, -0.15) is 0 Å². The van der Waals surface area contributed by atoms with Crippen LogP contribution in [0.25, 0.3) is 0 Å². The number of hydrogen-bond acceptors (Lipinski definition) is 4. The maximum Gasteiger partial charge on any atom is 0.305 e. The van der Waals surface area contributed by atoms with Crippen LogP contribution in [-0.2, 0) is 19.1 Å². The fraction of sp³-hybridized carbons (Fsp3) is 0.778. The van der Waals surface area contributed by atoms with Gasteiger partial charge in [-0.15, -0.1) is 0 Å². The predicted molar refractivity (Wildman–Crippen MR) is 121 cm³/mol. The summed E-state index contributed by atoms with van der Waals surface area (Å²) < 4.78 is 10.5. The number of rotatable bonds is 5. The fourth-order valence-electron chi connectivity index (χ4n) is 7.78. The molecule has 4 nitrogen and oxygen atoms in total. The summed E-state index contributed by atoms with van der Waals surface area (Å²) in [4.78, 5) is 23.1. The Morgan fingerprint density at radius 3 is 2.68 bits per heavy atom. The molecule has 7 atom stereocenters. The van der Waals surface area contributed by atoms with Crippen LogP contribution in [0.1, 0.15) is 85.5 Å². The summed E-state index contributed by atoms with van der Waals surface area (Å²) in [6.45, 7) is 8.84. The lowest BCUT2D eigenvalue weighted by molar-refractivity contribution is -0.150. The third-order valence-corrected chi connectivity index (χ3v) is 9.56. The molecule has 0 bridgehead atoms. The van der Waals surface area contributed by atoms with Crippen molar-refractivity contribution in [1.29, 1.82) is 0 Å². The monoisotopic (exact) mass is 428 g/mol. The van der Waals surface area contributed by atoms with Crippen LogP contribution >= 0.6 is 0 Å². The van der Waals surface area contributed by atoms with E-state index in [1.54, 1.807) is 11.1 Å². The number of allylic oxidation sites excluding steroid dienone is 4. The average Bonchev–Trinajstić information content (AvgIpc) is 3.09. The molecule has 0 spiro atoms. The van der Waals surface area contributed by atoms with Gasteiger partial charge in [-0.05, 0) is 97.0 Å². The maximum atomic E-state index is 11.7. The largest absolute Gasteiger partial charge is 0.469 e. The molecular formula is C27H40O4. The summed E-state index contributed by atoms with van der Waals surface area (Å²) in [7, 11) is 1.48. The van der Waals surface area contributed by atoms with Crippen LogP contribution in [0, 0.1) is 34.5 Å². The molecule has 31 heavy (non-hydrogen) atoms. The molecule has 0 radical (unpaired) electrons. The minimum atomic E-state index is -0.147. The highest BCUT2D eigenvalue weighted by Crippen LogP contribution is 2.65. The molecule has 0 heterocycles. The predicted octanol–water partition coefficient (Wildman–Crippen LogP) is 6.01. The van der Waals surface area contributed by atoms with Crippen LogP contribution in [0.2, 0.25) is 0 Å². The zero-order valence-electron chi connectivity index (χ0n) is 20.0. The molecule has 4 aliphatic rings. The second-order valence-corrected chi connectivity index (χ2v) is 11.2. The van der Waals surface area contributed by atoms with Gasteiger partial charge in [0.05, 0.1) is 7.11 Å². The Labute approximate surface area is 187 Å². The van der Waals surface area contributed by atoms with Crippen molar-refractivity contribution in [2.75, 3.05) is 7.11 Å². The SMILES string of the molecule is COC(=O)CCC(C)C1CCC2C3=CCC4C[C@H](OC(C)=O)CCC4(C)C3=CCC21C. The van der Waals surface area contributed by atoms with Gasteiger partial charge in [-0.3, -0.25) is 9.59 Å². The molecule has 0 aromatic carbocycles. The van der Waals surface area contributed by atoms with Gasteiger partial charge in [0.2, 0.25) is 0 Å². The van der Waals surface area contributed by atoms with Crippen molar-refractivity contribution in [2.45, 2.75) is 91.6 Å². The molecule has 0 amide bonds. The number of methoxy groups -OCH3 is 1. The molecule has 2 fully saturated rings. The normalized spacial score (nSPS) is 39.9. The molecule has 4 rings (SSSR count). The first-order valence-corrected chi connectivity index (χ1v) is 12.3. The van der Waals surface area contributed by atoms with Gasteiger partial charge in [0, 0.05) is 13.3 Å². The van der Waals surface area contributed by atoms with E-state index in [4.69, 9.17) is 9.47 Å².